The summed E-state index contributed by atoms with van der Waals surface area (Å²) in [4.78, 5) is 39.7. The number of likely N-dealkylation sites (tertiary alicyclic amines) is 1. The summed E-state index contributed by atoms with van der Waals surface area (Å²) in [6, 6.07) is 16.1. The number of benzene rings is 2. The normalized spacial score (nSPS) is 14.0. The van der Waals surface area contributed by atoms with Crippen LogP contribution in [0.5, 0.6) is 0 Å². The molecule has 1 aromatic heterocycles. The van der Waals surface area contributed by atoms with Gasteiger partial charge in [-0.3, -0.25) is 14.4 Å². The predicted octanol–water partition coefficient (Wildman–Crippen LogP) is 3.09. The molecule has 0 radical (unpaired) electrons. The Bertz CT molecular complexity index is 1160. The number of carbonyl (C=O) groups excluding carboxylic acids is 2. The maximum absolute atomic E-state index is 12.8. The van der Waals surface area contributed by atoms with Crippen molar-refractivity contribution in [1.82, 2.24) is 14.8 Å². The number of hydrogen-bond acceptors (Lipinski definition) is 3. The summed E-state index contributed by atoms with van der Waals surface area (Å²) in [7, 11) is 1.69. The lowest BCUT2D eigenvalue weighted by Gasteiger charge is -2.26. The summed E-state index contributed by atoms with van der Waals surface area (Å²) in [5.74, 6) is -0.267. The Labute approximate surface area is 175 Å². The average Bonchev–Trinajstić information content (AvgIpc) is 2.80. The van der Waals surface area contributed by atoms with Gasteiger partial charge in [0, 0.05) is 43.7 Å². The highest BCUT2D eigenvalue weighted by Crippen LogP contribution is 2.17. The van der Waals surface area contributed by atoms with Crippen molar-refractivity contribution in [3.63, 3.8) is 0 Å². The van der Waals surface area contributed by atoms with Crippen molar-refractivity contribution in [2.45, 2.75) is 25.8 Å². The van der Waals surface area contributed by atoms with Gasteiger partial charge in [-0.25, -0.2) is 0 Å². The molecular weight excluding hydrogens is 378 g/mol. The van der Waals surface area contributed by atoms with Crippen LogP contribution in [0.3, 0.4) is 0 Å². The third-order valence-corrected chi connectivity index (χ3v) is 5.67. The predicted molar refractivity (Wildman–Crippen MR) is 117 cm³/mol. The average molecular weight is 403 g/mol. The molecule has 2 aromatic carbocycles. The molecule has 6 nitrogen and oxygen atoms in total. The number of para-hydroxylation sites is 1. The van der Waals surface area contributed by atoms with Crippen molar-refractivity contribution >= 4 is 22.7 Å². The van der Waals surface area contributed by atoms with Crippen LogP contribution in [-0.4, -0.2) is 34.4 Å². The van der Waals surface area contributed by atoms with Crippen molar-refractivity contribution in [3.8, 4) is 0 Å². The number of aryl methyl sites for hydroxylation is 1. The first-order valence-corrected chi connectivity index (χ1v) is 10.3. The second-order valence-electron chi connectivity index (χ2n) is 7.71. The van der Waals surface area contributed by atoms with Crippen LogP contribution in [0.15, 0.2) is 59.4 Å². The highest BCUT2D eigenvalue weighted by atomic mass is 16.2. The van der Waals surface area contributed by atoms with E-state index >= 15 is 0 Å². The van der Waals surface area contributed by atoms with Gasteiger partial charge in [0.25, 0.3) is 17.4 Å². The SMILES string of the molecule is Cn1c(=O)cc(C(=O)NCc2cccc(C(=O)N3CCCCC3)c2)c2ccccc21. The van der Waals surface area contributed by atoms with E-state index in [1.165, 1.54) is 17.1 Å². The largest absolute Gasteiger partial charge is 0.348 e. The molecule has 1 N–H and O–H groups in total. The van der Waals surface area contributed by atoms with Gasteiger partial charge in [0.15, 0.2) is 0 Å². The first kappa shape index (κ1) is 19.9. The van der Waals surface area contributed by atoms with Crippen molar-refractivity contribution in [3.05, 3.63) is 81.6 Å². The van der Waals surface area contributed by atoms with Crippen LogP contribution in [0, 0.1) is 0 Å². The minimum absolute atomic E-state index is 0.0421. The molecule has 4 rings (SSSR count). The fourth-order valence-electron chi connectivity index (χ4n) is 3.97. The van der Waals surface area contributed by atoms with Crippen LogP contribution < -0.4 is 10.9 Å². The van der Waals surface area contributed by atoms with Gasteiger partial charge in [-0.05, 0) is 43.0 Å². The number of rotatable bonds is 4. The number of pyridine rings is 1. The fraction of sp³-hybridized carbons (Fsp3) is 0.292. The van der Waals surface area contributed by atoms with Crippen LogP contribution in [-0.2, 0) is 13.6 Å². The molecule has 0 spiro atoms. The summed E-state index contributed by atoms with van der Waals surface area (Å²) in [5.41, 5.74) is 2.33. The molecule has 0 atom stereocenters. The quantitative estimate of drug-likeness (QED) is 0.728. The molecule has 0 aliphatic carbocycles. The zero-order chi connectivity index (χ0) is 21.1. The van der Waals surface area contributed by atoms with E-state index in [1.54, 1.807) is 7.05 Å². The van der Waals surface area contributed by atoms with Gasteiger partial charge in [-0.2, -0.15) is 0 Å². The Morgan fingerprint density at radius 1 is 0.967 bits per heavy atom. The number of aromatic nitrogens is 1. The number of nitrogens with one attached hydrogen (secondary N) is 1. The topological polar surface area (TPSA) is 71.4 Å². The summed E-state index contributed by atoms with van der Waals surface area (Å²) >= 11 is 0. The molecule has 154 valence electrons. The van der Waals surface area contributed by atoms with Crippen molar-refractivity contribution in [2.24, 2.45) is 7.05 Å². The van der Waals surface area contributed by atoms with E-state index in [2.05, 4.69) is 5.32 Å². The number of hydrogen-bond donors (Lipinski definition) is 1. The molecule has 6 heteroatoms. The zero-order valence-electron chi connectivity index (χ0n) is 17.1. The molecule has 1 saturated heterocycles. The molecule has 0 unspecified atom stereocenters. The van der Waals surface area contributed by atoms with Crippen molar-refractivity contribution in [2.75, 3.05) is 13.1 Å². The summed E-state index contributed by atoms with van der Waals surface area (Å²) in [5, 5.41) is 3.62. The lowest BCUT2D eigenvalue weighted by atomic mass is 10.1. The highest BCUT2D eigenvalue weighted by Gasteiger charge is 2.18. The molecule has 1 aliphatic heterocycles. The van der Waals surface area contributed by atoms with Crippen molar-refractivity contribution < 1.29 is 9.59 Å². The third kappa shape index (κ3) is 3.99. The zero-order valence-corrected chi connectivity index (χ0v) is 17.1. The lowest BCUT2D eigenvalue weighted by molar-refractivity contribution is 0.0724. The van der Waals surface area contributed by atoms with Gasteiger partial charge in [0.05, 0.1) is 11.1 Å². The van der Waals surface area contributed by atoms with Crippen LogP contribution in [0.1, 0.15) is 45.5 Å². The molecule has 3 aromatic rings. The Morgan fingerprint density at radius 2 is 1.73 bits per heavy atom. The lowest BCUT2D eigenvalue weighted by Crippen LogP contribution is -2.35. The number of nitrogens with zero attached hydrogens (tertiary/aromatic N) is 2. The van der Waals surface area contributed by atoms with Gasteiger partial charge >= 0.3 is 0 Å². The van der Waals surface area contributed by atoms with E-state index in [0.29, 0.717) is 16.6 Å². The van der Waals surface area contributed by atoms with Gasteiger partial charge < -0.3 is 14.8 Å². The summed E-state index contributed by atoms with van der Waals surface area (Å²) < 4.78 is 1.53. The first-order chi connectivity index (χ1) is 14.5. The monoisotopic (exact) mass is 403 g/mol. The van der Waals surface area contributed by atoms with E-state index in [0.717, 1.165) is 36.9 Å². The van der Waals surface area contributed by atoms with Crippen molar-refractivity contribution in [1.29, 1.82) is 0 Å². The molecule has 2 heterocycles. The molecule has 0 bridgehead atoms. The molecule has 1 fully saturated rings. The van der Waals surface area contributed by atoms with E-state index < -0.39 is 0 Å². The first-order valence-electron chi connectivity index (χ1n) is 10.3. The second-order valence-corrected chi connectivity index (χ2v) is 7.71. The molecular formula is C24H25N3O3. The van der Waals surface area contributed by atoms with E-state index in [1.807, 2.05) is 53.4 Å². The van der Waals surface area contributed by atoms with Gasteiger partial charge in [0.1, 0.15) is 0 Å². The molecule has 1 aliphatic rings. The second kappa shape index (κ2) is 8.53. The number of piperidine rings is 1. The molecule has 30 heavy (non-hydrogen) atoms. The Kier molecular flexibility index (Phi) is 5.65. The summed E-state index contributed by atoms with van der Waals surface area (Å²) in [6.07, 6.45) is 3.27. The van der Waals surface area contributed by atoms with Crippen LogP contribution >= 0.6 is 0 Å². The smallest absolute Gasteiger partial charge is 0.253 e. The van der Waals surface area contributed by atoms with E-state index in [4.69, 9.17) is 0 Å². The number of amides is 2. The maximum atomic E-state index is 12.8. The maximum Gasteiger partial charge on any atom is 0.253 e. The minimum Gasteiger partial charge on any atom is -0.348 e. The Morgan fingerprint density at radius 3 is 2.53 bits per heavy atom. The van der Waals surface area contributed by atoms with Gasteiger partial charge in [-0.15, -0.1) is 0 Å². The Balaban J connectivity index is 1.51. The number of fused-ring (bicyclic) bond motifs is 1. The fourth-order valence-corrected chi connectivity index (χ4v) is 3.97. The molecule has 0 saturated carbocycles. The summed E-state index contributed by atoms with van der Waals surface area (Å²) in [6.45, 7) is 1.88. The third-order valence-electron chi connectivity index (χ3n) is 5.67. The van der Waals surface area contributed by atoms with Gasteiger partial charge in [0.2, 0.25) is 0 Å². The van der Waals surface area contributed by atoms with Gasteiger partial charge in [-0.1, -0.05) is 30.3 Å². The van der Waals surface area contributed by atoms with Crippen LogP contribution in [0.4, 0.5) is 0 Å². The van der Waals surface area contributed by atoms with Crippen LogP contribution in [0.25, 0.3) is 10.9 Å². The molecule has 2 amide bonds. The number of carbonyl (C=O) groups is 2. The standard InChI is InChI=1S/C24H25N3O3/c1-26-21-11-4-3-10-19(21)20(15-22(26)28)23(29)25-16-17-8-7-9-18(14-17)24(30)27-12-5-2-6-13-27/h3-4,7-11,14-15H,2,5-6,12-13,16H2,1H3,(H,25,29). The minimum atomic E-state index is -0.309. The highest BCUT2D eigenvalue weighted by molar-refractivity contribution is 6.06. The Hall–Kier alpha value is -3.41. The van der Waals surface area contributed by atoms with E-state index in [-0.39, 0.29) is 23.9 Å². The van der Waals surface area contributed by atoms with Crippen LogP contribution in [0.2, 0.25) is 0 Å². The van der Waals surface area contributed by atoms with E-state index in [9.17, 15) is 14.4 Å².